The summed E-state index contributed by atoms with van der Waals surface area (Å²) in [7, 11) is 0. The Hall–Kier alpha value is -0.600. The molecule has 0 aliphatic rings. The Kier molecular flexibility index (Phi) is 4.19. The predicted molar refractivity (Wildman–Crippen MR) is 60.3 cm³/mol. The molecule has 0 saturated carbocycles. The third kappa shape index (κ3) is 3.33. The molecular formula is C11H17NS. The van der Waals surface area contributed by atoms with Crippen molar-refractivity contribution in [2.75, 3.05) is 6.54 Å². The first-order valence-electron chi connectivity index (χ1n) is 4.61. The Balaban J connectivity index is 2.36. The maximum absolute atomic E-state index is 3.69. The smallest absolute Gasteiger partial charge is 0.0216 e. The average Bonchev–Trinajstić information content (AvgIpc) is 2.39. The zero-order valence-corrected chi connectivity index (χ0v) is 9.21. The molecule has 0 radical (unpaired) electrons. The largest absolute Gasteiger partial charge is 0.312 e. The molecule has 2 heteroatoms. The fourth-order valence-corrected chi connectivity index (χ4v) is 2.23. The van der Waals surface area contributed by atoms with Crippen molar-refractivity contribution < 1.29 is 0 Å². The molecule has 0 spiro atoms. The SMILES string of the molecule is C=CCCNCc1cc(C)sc1C. The normalized spacial score (nSPS) is 10.3. The van der Waals surface area contributed by atoms with E-state index >= 15 is 0 Å². The first-order valence-corrected chi connectivity index (χ1v) is 5.43. The topological polar surface area (TPSA) is 12.0 Å². The molecule has 1 rings (SSSR count). The van der Waals surface area contributed by atoms with Gasteiger partial charge in [-0.15, -0.1) is 17.9 Å². The van der Waals surface area contributed by atoms with Crippen LogP contribution >= 0.6 is 11.3 Å². The van der Waals surface area contributed by atoms with Gasteiger partial charge >= 0.3 is 0 Å². The van der Waals surface area contributed by atoms with Crippen LogP contribution in [0.15, 0.2) is 18.7 Å². The zero-order chi connectivity index (χ0) is 9.68. The monoisotopic (exact) mass is 195 g/mol. The molecule has 72 valence electrons. The summed E-state index contributed by atoms with van der Waals surface area (Å²) in [5, 5.41) is 3.39. The first kappa shape index (κ1) is 10.5. The summed E-state index contributed by atoms with van der Waals surface area (Å²) < 4.78 is 0. The van der Waals surface area contributed by atoms with Gasteiger partial charge in [0, 0.05) is 16.3 Å². The van der Waals surface area contributed by atoms with Crippen LogP contribution in [-0.2, 0) is 6.54 Å². The van der Waals surface area contributed by atoms with Crippen molar-refractivity contribution in [3.05, 3.63) is 34.0 Å². The van der Waals surface area contributed by atoms with Crippen LogP contribution in [0.5, 0.6) is 0 Å². The molecule has 1 nitrogen and oxygen atoms in total. The van der Waals surface area contributed by atoms with Crippen molar-refractivity contribution >= 4 is 11.3 Å². The standard InChI is InChI=1S/C11H17NS/c1-4-5-6-12-8-11-7-9(2)13-10(11)3/h4,7,12H,1,5-6,8H2,2-3H3. The van der Waals surface area contributed by atoms with Gasteiger partial charge in [-0.05, 0) is 38.4 Å². The molecule has 13 heavy (non-hydrogen) atoms. The van der Waals surface area contributed by atoms with Gasteiger partial charge in [-0.3, -0.25) is 0 Å². The van der Waals surface area contributed by atoms with E-state index in [1.807, 2.05) is 17.4 Å². The number of hydrogen-bond donors (Lipinski definition) is 1. The average molecular weight is 195 g/mol. The van der Waals surface area contributed by atoms with Gasteiger partial charge < -0.3 is 5.32 Å². The molecule has 0 atom stereocenters. The van der Waals surface area contributed by atoms with Gasteiger partial charge in [-0.25, -0.2) is 0 Å². The maximum Gasteiger partial charge on any atom is 0.0216 e. The summed E-state index contributed by atoms with van der Waals surface area (Å²) in [6.45, 7) is 10.0. The van der Waals surface area contributed by atoms with Gasteiger partial charge in [0.05, 0.1) is 0 Å². The fraction of sp³-hybridized carbons (Fsp3) is 0.455. The Bertz CT molecular complexity index is 276. The van der Waals surface area contributed by atoms with Crippen LogP contribution in [0.2, 0.25) is 0 Å². The minimum absolute atomic E-state index is 0.990. The molecule has 0 aromatic carbocycles. The van der Waals surface area contributed by atoms with Gasteiger partial charge in [0.25, 0.3) is 0 Å². The van der Waals surface area contributed by atoms with E-state index in [-0.39, 0.29) is 0 Å². The lowest BCUT2D eigenvalue weighted by Gasteiger charge is -2.01. The summed E-state index contributed by atoms with van der Waals surface area (Å²) in [6.07, 6.45) is 2.99. The summed E-state index contributed by atoms with van der Waals surface area (Å²) in [5.74, 6) is 0. The van der Waals surface area contributed by atoms with E-state index in [4.69, 9.17) is 0 Å². The molecule has 0 aliphatic carbocycles. The molecule has 0 bridgehead atoms. The van der Waals surface area contributed by atoms with Crippen LogP contribution in [0.1, 0.15) is 21.7 Å². The predicted octanol–water partition coefficient (Wildman–Crippen LogP) is 3.03. The Morgan fingerprint density at radius 2 is 2.31 bits per heavy atom. The van der Waals surface area contributed by atoms with Crippen molar-refractivity contribution in [2.45, 2.75) is 26.8 Å². The molecule has 1 aromatic heterocycles. The second-order valence-electron chi connectivity index (χ2n) is 3.19. The van der Waals surface area contributed by atoms with E-state index in [1.165, 1.54) is 15.3 Å². The molecule has 0 fully saturated rings. The highest BCUT2D eigenvalue weighted by atomic mass is 32.1. The van der Waals surface area contributed by atoms with Gasteiger partial charge in [0.2, 0.25) is 0 Å². The Labute approximate surface area is 84.5 Å². The molecule has 0 amide bonds. The summed E-state index contributed by atoms with van der Waals surface area (Å²) >= 11 is 1.87. The second kappa shape index (κ2) is 5.20. The number of thiophene rings is 1. The fourth-order valence-electron chi connectivity index (χ4n) is 1.29. The van der Waals surface area contributed by atoms with E-state index < -0.39 is 0 Å². The summed E-state index contributed by atoms with van der Waals surface area (Å²) in [6, 6.07) is 2.26. The molecule has 0 saturated heterocycles. The van der Waals surface area contributed by atoms with Crippen molar-refractivity contribution in [3.8, 4) is 0 Å². The molecule has 1 heterocycles. The lowest BCUT2D eigenvalue weighted by atomic mass is 10.2. The highest BCUT2D eigenvalue weighted by molar-refractivity contribution is 7.12. The summed E-state index contributed by atoms with van der Waals surface area (Å²) in [4.78, 5) is 2.83. The van der Waals surface area contributed by atoms with Crippen LogP contribution in [-0.4, -0.2) is 6.54 Å². The van der Waals surface area contributed by atoms with E-state index in [0.29, 0.717) is 0 Å². The van der Waals surface area contributed by atoms with Crippen LogP contribution in [0.3, 0.4) is 0 Å². The maximum atomic E-state index is 3.69. The molecule has 1 aromatic rings. The number of rotatable bonds is 5. The number of aryl methyl sites for hydroxylation is 2. The number of hydrogen-bond acceptors (Lipinski definition) is 2. The van der Waals surface area contributed by atoms with Gasteiger partial charge in [0.15, 0.2) is 0 Å². The molecule has 0 unspecified atom stereocenters. The van der Waals surface area contributed by atoms with E-state index in [9.17, 15) is 0 Å². The highest BCUT2D eigenvalue weighted by Gasteiger charge is 2.00. The molecular weight excluding hydrogens is 178 g/mol. The summed E-state index contributed by atoms with van der Waals surface area (Å²) in [5.41, 5.74) is 1.44. The van der Waals surface area contributed by atoms with Gasteiger partial charge in [-0.2, -0.15) is 0 Å². The zero-order valence-electron chi connectivity index (χ0n) is 8.39. The highest BCUT2D eigenvalue weighted by Crippen LogP contribution is 2.19. The third-order valence-corrected chi connectivity index (χ3v) is 2.99. The first-order chi connectivity index (χ1) is 6.24. The Morgan fingerprint density at radius 1 is 1.54 bits per heavy atom. The minimum atomic E-state index is 0.990. The van der Waals surface area contributed by atoms with Crippen LogP contribution in [0.25, 0.3) is 0 Å². The van der Waals surface area contributed by atoms with E-state index in [0.717, 1.165) is 19.5 Å². The second-order valence-corrected chi connectivity index (χ2v) is 4.65. The van der Waals surface area contributed by atoms with E-state index in [2.05, 4.69) is 31.8 Å². The van der Waals surface area contributed by atoms with Crippen LogP contribution in [0.4, 0.5) is 0 Å². The van der Waals surface area contributed by atoms with Crippen molar-refractivity contribution in [3.63, 3.8) is 0 Å². The quantitative estimate of drug-likeness (QED) is 0.562. The van der Waals surface area contributed by atoms with Crippen LogP contribution < -0.4 is 5.32 Å². The number of nitrogens with one attached hydrogen (secondary N) is 1. The molecule has 0 aliphatic heterocycles. The third-order valence-electron chi connectivity index (χ3n) is 1.98. The lowest BCUT2D eigenvalue weighted by molar-refractivity contribution is 0.695. The molecule has 1 N–H and O–H groups in total. The van der Waals surface area contributed by atoms with Gasteiger partial charge in [-0.1, -0.05) is 6.08 Å². The van der Waals surface area contributed by atoms with Gasteiger partial charge in [0.1, 0.15) is 0 Å². The minimum Gasteiger partial charge on any atom is -0.312 e. The van der Waals surface area contributed by atoms with E-state index in [1.54, 1.807) is 0 Å². The lowest BCUT2D eigenvalue weighted by Crippen LogP contribution is -2.13. The van der Waals surface area contributed by atoms with Crippen molar-refractivity contribution in [1.82, 2.24) is 5.32 Å². The van der Waals surface area contributed by atoms with Crippen LogP contribution in [0, 0.1) is 13.8 Å². The van der Waals surface area contributed by atoms with Crippen molar-refractivity contribution in [2.24, 2.45) is 0 Å². The Morgan fingerprint density at radius 3 is 2.85 bits per heavy atom. The van der Waals surface area contributed by atoms with Crippen molar-refractivity contribution in [1.29, 1.82) is 0 Å².